The molecule has 2 amide bonds. The van der Waals surface area contributed by atoms with Crippen molar-refractivity contribution in [3.8, 4) is 5.75 Å². The van der Waals surface area contributed by atoms with Crippen molar-refractivity contribution in [1.29, 1.82) is 0 Å². The molecule has 150 valence electrons. The molecule has 0 radical (unpaired) electrons. The summed E-state index contributed by atoms with van der Waals surface area (Å²) < 4.78 is 40.3. The second-order valence-electron chi connectivity index (χ2n) is 6.39. The molecule has 1 aliphatic heterocycles. The van der Waals surface area contributed by atoms with E-state index in [0.717, 1.165) is 37.3 Å². The number of rotatable bonds is 6. The Labute approximate surface area is 160 Å². The molecule has 0 atom stereocenters. The number of urea groups is 1. The molecule has 28 heavy (non-hydrogen) atoms. The number of ether oxygens (including phenoxy) is 1. The van der Waals surface area contributed by atoms with E-state index in [0.29, 0.717) is 18.7 Å². The highest BCUT2D eigenvalue weighted by atomic mass is 19.4. The SMILES string of the molecule is O=C(NCCc1ccc(OC(F)(F)F)cc1)Nc1cccnc1N1CCCC1. The molecule has 1 aromatic carbocycles. The van der Waals surface area contributed by atoms with Gasteiger partial charge < -0.3 is 20.3 Å². The average Bonchev–Trinajstić information content (AvgIpc) is 3.17. The summed E-state index contributed by atoms with van der Waals surface area (Å²) in [6.45, 7) is 2.17. The minimum Gasteiger partial charge on any atom is -0.406 e. The Morgan fingerprint density at radius 3 is 2.54 bits per heavy atom. The van der Waals surface area contributed by atoms with Crippen molar-refractivity contribution >= 4 is 17.5 Å². The zero-order chi connectivity index (χ0) is 20.0. The number of nitrogens with zero attached hydrogens (tertiary/aromatic N) is 2. The lowest BCUT2D eigenvalue weighted by atomic mass is 10.1. The maximum Gasteiger partial charge on any atom is 0.573 e. The van der Waals surface area contributed by atoms with Crippen LogP contribution in [0.25, 0.3) is 0 Å². The van der Waals surface area contributed by atoms with Crippen molar-refractivity contribution in [2.45, 2.75) is 25.6 Å². The molecule has 0 saturated carbocycles. The van der Waals surface area contributed by atoms with Crippen molar-refractivity contribution in [2.24, 2.45) is 0 Å². The van der Waals surface area contributed by atoms with Gasteiger partial charge in [-0.15, -0.1) is 13.2 Å². The van der Waals surface area contributed by atoms with Crippen LogP contribution < -0.4 is 20.3 Å². The summed E-state index contributed by atoms with van der Waals surface area (Å²) in [5, 5.41) is 5.55. The number of nitrogens with one attached hydrogen (secondary N) is 2. The Kier molecular flexibility index (Phi) is 6.23. The summed E-state index contributed by atoms with van der Waals surface area (Å²) in [7, 11) is 0. The largest absolute Gasteiger partial charge is 0.573 e. The van der Waals surface area contributed by atoms with E-state index in [9.17, 15) is 18.0 Å². The molecule has 2 heterocycles. The van der Waals surface area contributed by atoms with E-state index in [1.807, 2.05) is 0 Å². The van der Waals surface area contributed by atoms with Gasteiger partial charge in [0.1, 0.15) is 5.75 Å². The van der Waals surface area contributed by atoms with Gasteiger partial charge >= 0.3 is 12.4 Å². The van der Waals surface area contributed by atoms with E-state index in [-0.39, 0.29) is 11.8 Å². The van der Waals surface area contributed by atoms with Crippen LogP contribution in [0.2, 0.25) is 0 Å². The van der Waals surface area contributed by atoms with Crippen LogP contribution in [0, 0.1) is 0 Å². The third-order valence-electron chi connectivity index (χ3n) is 4.30. The molecular weight excluding hydrogens is 373 g/mol. The molecule has 1 aliphatic rings. The first-order chi connectivity index (χ1) is 13.4. The van der Waals surface area contributed by atoms with Gasteiger partial charge in [0.15, 0.2) is 5.82 Å². The minimum atomic E-state index is -4.71. The van der Waals surface area contributed by atoms with Crippen LogP contribution in [-0.2, 0) is 6.42 Å². The summed E-state index contributed by atoms with van der Waals surface area (Å²) >= 11 is 0. The second-order valence-corrected chi connectivity index (χ2v) is 6.39. The fourth-order valence-corrected chi connectivity index (χ4v) is 3.02. The summed E-state index contributed by atoms with van der Waals surface area (Å²) in [4.78, 5) is 18.7. The number of anilines is 2. The number of amides is 2. The lowest BCUT2D eigenvalue weighted by Gasteiger charge is -2.20. The summed E-state index contributed by atoms with van der Waals surface area (Å²) in [6.07, 6.45) is -0.319. The molecule has 1 saturated heterocycles. The second kappa shape index (κ2) is 8.81. The summed E-state index contributed by atoms with van der Waals surface area (Å²) in [5.74, 6) is 0.489. The molecule has 1 fully saturated rings. The molecule has 1 aromatic heterocycles. The first-order valence-corrected chi connectivity index (χ1v) is 9.00. The monoisotopic (exact) mass is 394 g/mol. The van der Waals surface area contributed by atoms with Crippen LogP contribution in [0.3, 0.4) is 0 Å². The zero-order valence-corrected chi connectivity index (χ0v) is 15.1. The van der Waals surface area contributed by atoms with Gasteiger partial charge in [0.25, 0.3) is 0 Å². The topological polar surface area (TPSA) is 66.5 Å². The molecule has 3 rings (SSSR count). The van der Waals surface area contributed by atoms with E-state index in [1.54, 1.807) is 18.3 Å². The third-order valence-corrected chi connectivity index (χ3v) is 4.30. The van der Waals surface area contributed by atoms with Crippen LogP contribution in [0.5, 0.6) is 5.75 Å². The lowest BCUT2D eigenvalue weighted by Crippen LogP contribution is -2.31. The number of hydrogen-bond acceptors (Lipinski definition) is 4. The van der Waals surface area contributed by atoms with Gasteiger partial charge in [0.05, 0.1) is 5.69 Å². The Morgan fingerprint density at radius 2 is 1.86 bits per heavy atom. The van der Waals surface area contributed by atoms with Gasteiger partial charge in [-0.1, -0.05) is 12.1 Å². The molecule has 0 spiro atoms. The highest BCUT2D eigenvalue weighted by molar-refractivity contribution is 5.92. The minimum absolute atomic E-state index is 0.270. The van der Waals surface area contributed by atoms with Crippen molar-refractivity contribution in [1.82, 2.24) is 10.3 Å². The quantitative estimate of drug-likeness (QED) is 0.779. The Bertz CT molecular complexity index is 791. The molecule has 6 nitrogen and oxygen atoms in total. The standard InChI is InChI=1S/C19H21F3N4O2/c20-19(21,22)28-15-7-5-14(6-8-15)9-11-24-18(27)25-16-4-3-10-23-17(16)26-12-1-2-13-26/h3-8,10H,1-2,9,11-13H2,(H2,24,25,27). The highest BCUT2D eigenvalue weighted by Gasteiger charge is 2.30. The lowest BCUT2D eigenvalue weighted by molar-refractivity contribution is -0.274. The van der Waals surface area contributed by atoms with E-state index in [4.69, 9.17) is 0 Å². The number of hydrogen-bond donors (Lipinski definition) is 2. The predicted octanol–water partition coefficient (Wildman–Crippen LogP) is 3.94. The van der Waals surface area contributed by atoms with Crippen LogP contribution >= 0.6 is 0 Å². The normalized spacial score (nSPS) is 14.0. The maximum atomic E-state index is 12.2. The predicted molar refractivity (Wildman–Crippen MR) is 99.5 cm³/mol. The number of alkyl halides is 3. The van der Waals surface area contributed by atoms with Crippen molar-refractivity contribution < 1.29 is 22.7 Å². The number of aromatic nitrogens is 1. The van der Waals surface area contributed by atoms with Gasteiger partial charge in [-0.05, 0) is 49.1 Å². The van der Waals surface area contributed by atoms with Crippen LogP contribution in [0.4, 0.5) is 29.5 Å². The summed E-state index contributed by atoms with van der Waals surface area (Å²) in [5.41, 5.74) is 1.43. The van der Waals surface area contributed by atoms with E-state index < -0.39 is 6.36 Å². The van der Waals surface area contributed by atoms with E-state index in [1.165, 1.54) is 24.3 Å². The van der Waals surface area contributed by atoms with Crippen LogP contribution in [0.15, 0.2) is 42.6 Å². The van der Waals surface area contributed by atoms with Gasteiger partial charge in [-0.2, -0.15) is 0 Å². The molecule has 2 aromatic rings. The number of halogens is 3. The average molecular weight is 394 g/mol. The van der Waals surface area contributed by atoms with Crippen molar-refractivity contribution in [3.63, 3.8) is 0 Å². The van der Waals surface area contributed by atoms with Gasteiger partial charge in [-0.25, -0.2) is 9.78 Å². The molecule has 0 aliphatic carbocycles. The highest BCUT2D eigenvalue weighted by Crippen LogP contribution is 2.26. The maximum absolute atomic E-state index is 12.2. The molecular formula is C19H21F3N4O2. The number of carbonyl (C=O) groups is 1. The van der Waals surface area contributed by atoms with E-state index >= 15 is 0 Å². The van der Waals surface area contributed by atoms with Crippen LogP contribution in [0.1, 0.15) is 18.4 Å². The smallest absolute Gasteiger partial charge is 0.406 e. The number of benzene rings is 1. The first-order valence-electron chi connectivity index (χ1n) is 9.00. The fourth-order valence-electron chi connectivity index (χ4n) is 3.02. The van der Waals surface area contributed by atoms with Crippen LogP contribution in [-0.4, -0.2) is 37.0 Å². The van der Waals surface area contributed by atoms with Gasteiger partial charge in [0, 0.05) is 25.8 Å². The summed E-state index contributed by atoms with van der Waals surface area (Å²) in [6, 6.07) is 8.78. The van der Waals surface area contributed by atoms with Gasteiger partial charge in [-0.3, -0.25) is 0 Å². The third kappa shape index (κ3) is 5.77. The molecule has 0 bridgehead atoms. The number of pyridine rings is 1. The Morgan fingerprint density at radius 1 is 1.14 bits per heavy atom. The van der Waals surface area contributed by atoms with Crippen molar-refractivity contribution in [2.75, 3.05) is 29.9 Å². The first kappa shape index (κ1) is 19.8. The molecule has 9 heteroatoms. The fraction of sp³-hybridized carbons (Fsp3) is 0.368. The Balaban J connectivity index is 1.47. The number of carbonyl (C=O) groups excluding carboxylic acids is 1. The van der Waals surface area contributed by atoms with Crippen molar-refractivity contribution in [3.05, 3.63) is 48.2 Å². The Hall–Kier alpha value is -2.97. The zero-order valence-electron chi connectivity index (χ0n) is 15.1. The van der Waals surface area contributed by atoms with E-state index in [2.05, 4.69) is 25.3 Å². The molecule has 0 unspecified atom stereocenters. The van der Waals surface area contributed by atoms with Gasteiger partial charge in [0.2, 0.25) is 0 Å². The molecule has 2 N–H and O–H groups in total.